The van der Waals surface area contributed by atoms with Gasteiger partial charge in [-0.05, 0) is 72.7 Å². The number of rotatable bonds is 8. The fourth-order valence-electron chi connectivity index (χ4n) is 4.80. The van der Waals surface area contributed by atoms with Crippen molar-refractivity contribution in [2.24, 2.45) is 0 Å². The van der Waals surface area contributed by atoms with Gasteiger partial charge in [-0.2, -0.15) is 5.21 Å². The van der Waals surface area contributed by atoms with Gasteiger partial charge < -0.3 is 14.2 Å². The summed E-state index contributed by atoms with van der Waals surface area (Å²) >= 11 is 0. The van der Waals surface area contributed by atoms with Crippen LogP contribution in [0.3, 0.4) is 0 Å². The molecule has 0 spiro atoms. The Labute approximate surface area is 203 Å². The second-order valence-corrected chi connectivity index (χ2v) is 8.89. The average molecular weight is 472 g/mol. The van der Waals surface area contributed by atoms with Crippen molar-refractivity contribution >= 4 is 11.5 Å². The first kappa shape index (κ1) is 22.8. The number of carboxylic acids is 1. The molecule has 0 atom stereocenters. The summed E-state index contributed by atoms with van der Waals surface area (Å²) in [5.41, 5.74) is 5.92. The van der Waals surface area contributed by atoms with Gasteiger partial charge in [-0.25, -0.2) is 9.78 Å². The number of imidazole rings is 1. The number of unbranched alkanes of at least 4 members (excludes halogenated alkanes) is 1. The van der Waals surface area contributed by atoms with Gasteiger partial charge in [0.2, 0.25) is 5.82 Å². The predicted octanol–water partition coefficient (Wildman–Crippen LogP) is 4.44. The molecule has 5 rings (SSSR count). The zero-order chi connectivity index (χ0) is 24.2. The first-order chi connectivity index (χ1) is 17.1. The van der Waals surface area contributed by atoms with E-state index in [0.29, 0.717) is 12.4 Å². The lowest BCUT2D eigenvalue weighted by Gasteiger charge is -2.15. The van der Waals surface area contributed by atoms with Gasteiger partial charge in [0.05, 0.1) is 17.1 Å². The minimum atomic E-state index is -0.899. The standard InChI is InChI=1S/C26H29N7O2/c1-2-3-10-23-27-21-8-5-4-7-19(16-24(34)35)25(21)33(23)17-18-11-13-20(14-12-18)32-15-6-9-22(32)26-28-30-31-29-26/h6,9,11-16H,2-5,7-8,10,17H2,1H3,(H,34,35)(H,28,29,30,31)/b19-16+. The highest BCUT2D eigenvalue weighted by Crippen LogP contribution is 2.32. The Morgan fingerprint density at radius 3 is 2.74 bits per heavy atom. The molecule has 0 unspecified atom stereocenters. The van der Waals surface area contributed by atoms with E-state index < -0.39 is 5.97 Å². The second kappa shape index (κ2) is 10.1. The highest BCUT2D eigenvalue weighted by Gasteiger charge is 2.23. The Morgan fingerprint density at radius 1 is 1.17 bits per heavy atom. The molecule has 3 aromatic heterocycles. The van der Waals surface area contributed by atoms with Crippen LogP contribution in [0.4, 0.5) is 0 Å². The number of hydrogen-bond donors (Lipinski definition) is 2. The van der Waals surface area contributed by atoms with Crippen molar-refractivity contribution in [3.8, 4) is 17.2 Å². The lowest BCUT2D eigenvalue weighted by Crippen LogP contribution is -2.10. The summed E-state index contributed by atoms with van der Waals surface area (Å²) in [5.74, 6) is 0.687. The minimum Gasteiger partial charge on any atom is -0.478 e. The fraction of sp³-hybridized carbons (Fsp3) is 0.346. The summed E-state index contributed by atoms with van der Waals surface area (Å²) in [6.45, 7) is 2.83. The first-order valence-electron chi connectivity index (χ1n) is 12.2. The van der Waals surface area contributed by atoms with Gasteiger partial charge in [-0.1, -0.05) is 25.5 Å². The molecule has 180 valence electrons. The third kappa shape index (κ3) is 4.80. The molecule has 0 saturated heterocycles. The highest BCUT2D eigenvalue weighted by molar-refractivity contribution is 5.90. The quantitative estimate of drug-likeness (QED) is 0.290. The van der Waals surface area contributed by atoms with Crippen LogP contribution >= 0.6 is 0 Å². The number of aromatic amines is 1. The van der Waals surface area contributed by atoms with Crippen LogP contribution in [-0.4, -0.2) is 45.8 Å². The molecular weight excluding hydrogens is 442 g/mol. The van der Waals surface area contributed by atoms with Crippen molar-refractivity contribution in [2.45, 2.75) is 58.4 Å². The number of carbonyl (C=O) groups is 1. The Kier molecular flexibility index (Phi) is 6.56. The van der Waals surface area contributed by atoms with E-state index >= 15 is 0 Å². The van der Waals surface area contributed by atoms with Gasteiger partial charge in [0, 0.05) is 30.9 Å². The summed E-state index contributed by atoms with van der Waals surface area (Å²) in [5, 5.41) is 23.9. The molecule has 0 amide bonds. The van der Waals surface area contributed by atoms with E-state index in [1.807, 2.05) is 22.9 Å². The van der Waals surface area contributed by atoms with Gasteiger partial charge in [0.15, 0.2) is 0 Å². The zero-order valence-corrected chi connectivity index (χ0v) is 19.8. The number of aliphatic carboxylic acids is 1. The van der Waals surface area contributed by atoms with Crippen LogP contribution in [0, 0.1) is 0 Å². The Bertz CT molecular complexity index is 1330. The van der Waals surface area contributed by atoms with Crippen LogP contribution in [0.15, 0.2) is 48.7 Å². The number of aromatic nitrogens is 7. The maximum atomic E-state index is 11.6. The molecule has 1 aliphatic carbocycles. The van der Waals surface area contributed by atoms with Gasteiger partial charge >= 0.3 is 5.97 Å². The molecule has 1 aromatic carbocycles. The first-order valence-corrected chi connectivity index (χ1v) is 12.2. The van der Waals surface area contributed by atoms with Crippen molar-refractivity contribution in [1.82, 2.24) is 34.7 Å². The number of nitrogens with zero attached hydrogens (tertiary/aromatic N) is 6. The molecule has 0 radical (unpaired) electrons. The van der Waals surface area contributed by atoms with Crippen LogP contribution in [0.1, 0.15) is 61.8 Å². The fourth-order valence-corrected chi connectivity index (χ4v) is 4.80. The van der Waals surface area contributed by atoms with Crippen molar-refractivity contribution in [2.75, 3.05) is 0 Å². The summed E-state index contributed by atoms with van der Waals surface area (Å²) in [6, 6.07) is 12.3. The molecule has 0 fully saturated rings. The Balaban J connectivity index is 1.49. The van der Waals surface area contributed by atoms with Gasteiger partial charge in [0.1, 0.15) is 5.82 Å². The monoisotopic (exact) mass is 471 g/mol. The molecule has 9 heteroatoms. The number of tetrazole rings is 1. The van der Waals surface area contributed by atoms with Crippen molar-refractivity contribution in [3.05, 3.63) is 71.4 Å². The molecule has 35 heavy (non-hydrogen) atoms. The SMILES string of the molecule is CCCCc1nc2c(n1Cc1ccc(-n3cccc3-c3nn[nH]n3)cc1)/C(=C/C(=O)O)CCCC2. The lowest BCUT2D eigenvalue weighted by atomic mass is 10.1. The Morgan fingerprint density at radius 2 is 2.00 bits per heavy atom. The van der Waals surface area contributed by atoms with Gasteiger partial charge in [-0.3, -0.25) is 0 Å². The van der Waals surface area contributed by atoms with Crippen LogP contribution in [-0.2, 0) is 24.2 Å². The number of H-pyrrole nitrogens is 1. The van der Waals surface area contributed by atoms with Crippen LogP contribution < -0.4 is 0 Å². The number of benzene rings is 1. The number of fused-ring (bicyclic) bond motifs is 1. The van der Waals surface area contributed by atoms with E-state index in [-0.39, 0.29) is 0 Å². The number of aryl methyl sites for hydroxylation is 2. The van der Waals surface area contributed by atoms with Crippen molar-refractivity contribution in [3.63, 3.8) is 0 Å². The molecule has 0 saturated carbocycles. The number of allylic oxidation sites excluding steroid dienone is 1. The van der Waals surface area contributed by atoms with Gasteiger partial charge in [-0.15, -0.1) is 10.2 Å². The zero-order valence-electron chi connectivity index (χ0n) is 19.8. The number of nitrogens with one attached hydrogen (secondary N) is 1. The smallest absolute Gasteiger partial charge is 0.328 e. The summed E-state index contributed by atoms with van der Waals surface area (Å²) < 4.78 is 4.28. The molecule has 9 nitrogen and oxygen atoms in total. The predicted molar refractivity (Wildman–Crippen MR) is 132 cm³/mol. The maximum absolute atomic E-state index is 11.6. The van der Waals surface area contributed by atoms with Crippen LogP contribution in [0.25, 0.3) is 22.8 Å². The molecule has 0 aliphatic heterocycles. The van der Waals surface area contributed by atoms with E-state index in [4.69, 9.17) is 4.98 Å². The molecule has 2 N–H and O–H groups in total. The highest BCUT2D eigenvalue weighted by atomic mass is 16.4. The van der Waals surface area contributed by atoms with E-state index in [1.54, 1.807) is 0 Å². The molecule has 3 heterocycles. The second-order valence-electron chi connectivity index (χ2n) is 8.89. The van der Waals surface area contributed by atoms with E-state index in [2.05, 4.69) is 56.4 Å². The van der Waals surface area contributed by atoms with E-state index in [9.17, 15) is 9.90 Å². The molecular formula is C26H29N7O2. The molecule has 0 bridgehead atoms. The summed E-state index contributed by atoms with van der Waals surface area (Å²) in [4.78, 5) is 16.6. The summed E-state index contributed by atoms with van der Waals surface area (Å²) in [7, 11) is 0. The molecule has 1 aliphatic rings. The van der Waals surface area contributed by atoms with Crippen molar-refractivity contribution in [1.29, 1.82) is 0 Å². The van der Waals surface area contributed by atoms with E-state index in [1.165, 1.54) is 6.08 Å². The lowest BCUT2D eigenvalue weighted by molar-refractivity contribution is -0.131. The largest absolute Gasteiger partial charge is 0.478 e. The average Bonchev–Trinajstić information content (AvgIpc) is 3.58. The Hall–Kier alpha value is -4.01. The third-order valence-electron chi connectivity index (χ3n) is 6.46. The van der Waals surface area contributed by atoms with Gasteiger partial charge in [0.25, 0.3) is 0 Å². The van der Waals surface area contributed by atoms with Crippen molar-refractivity contribution < 1.29 is 9.90 Å². The number of carboxylic acid groups (broad SMARTS) is 1. The van der Waals surface area contributed by atoms with E-state index in [0.717, 1.165) is 84.7 Å². The maximum Gasteiger partial charge on any atom is 0.328 e. The summed E-state index contributed by atoms with van der Waals surface area (Å²) in [6.07, 6.45) is 10.1. The number of hydrogen-bond acceptors (Lipinski definition) is 5. The molecule has 4 aromatic rings. The topological polar surface area (TPSA) is 115 Å². The minimum absolute atomic E-state index is 0.540. The van der Waals surface area contributed by atoms with Crippen LogP contribution in [0.5, 0.6) is 0 Å². The van der Waals surface area contributed by atoms with Crippen LogP contribution in [0.2, 0.25) is 0 Å². The third-order valence-corrected chi connectivity index (χ3v) is 6.46. The normalized spacial score (nSPS) is 14.7.